The van der Waals surface area contributed by atoms with Crippen LogP contribution in [0.25, 0.3) is 0 Å². The van der Waals surface area contributed by atoms with Crippen LogP contribution in [0.1, 0.15) is 11.3 Å². The molecule has 0 atom stereocenters. The number of hydrogen-bond donors (Lipinski definition) is 1. The van der Waals surface area contributed by atoms with E-state index in [1.165, 1.54) is 0 Å². The first-order valence-corrected chi connectivity index (χ1v) is 5.40. The van der Waals surface area contributed by atoms with Crippen LogP contribution in [0.5, 0.6) is 0 Å². The van der Waals surface area contributed by atoms with E-state index >= 15 is 0 Å². The van der Waals surface area contributed by atoms with Crippen LogP contribution in [-0.4, -0.2) is 9.97 Å². The molecular weight excluding hydrogens is 222 g/mol. The molecule has 16 heavy (non-hydrogen) atoms. The van der Waals surface area contributed by atoms with E-state index in [4.69, 9.17) is 11.6 Å². The normalized spacial score (nSPS) is 10.1. The molecule has 0 aliphatic rings. The highest BCUT2D eigenvalue weighted by Crippen LogP contribution is 2.15. The summed E-state index contributed by atoms with van der Waals surface area (Å²) in [4.78, 5) is 8.37. The molecule has 1 aromatic heterocycles. The van der Waals surface area contributed by atoms with Gasteiger partial charge in [0.2, 0.25) is 5.95 Å². The largest absolute Gasteiger partial charge is 0.350 e. The first-order chi connectivity index (χ1) is 7.75. The minimum absolute atomic E-state index is 0.625. The van der Waals surface area contributed by atoms with E-state index in [9.17, 15) is 0 Å². The molecule has 0 saturated heterocycles. The quantitative estimate of drug-likeness (QED) is 0.886. The molecule has 1 heterocycles. The van der Waals surface area contributed by atoms with Gasteiger partial charge >= 0.3 is 0 Å². The maximum atomic E-state index is 6.04. The second kappa shape index (κ2) is 4.94. The average Bonchev–Trinajstić information content (AvgIpc) is 2.28. The molecule has 1 N–H and O–H groups in total. The Morgan fingerprint density at radius 2 is 2.06 bits per heavy atom. The third kappa shape index (κ3) is 2.70. The molecule has 0 unspecified atom stereocenters. The van der Waals surface area contributed by atoms with Crippen LogP contribution in [0.4, 0.5) is 5.95 Å². The lowest BCUT2D eigenvalue weighted by Crippen LogP contribution is -2.04. The monoisotopic (exact) mass is 233 g/mol. The molecule has 0 radical (unpaired) electrons. The van der Waals surface area contributed by atoms with E-state index in [0.29, 0.717) is 12.5 Å². The molecule has 0 amide bonds. The van der Waals surface area contributed by atoms with Gasteiger partial charge in [0.15, 0.2) is 0 Å². The summed E-state index contributed by atoms with van der Waals surface area (Å²) in [7, 11) is 0. The first kappa shape index (κ1) is 10.9. The maximum absolute atomic E-state index is 6.04. The zero-order chi connectivity index (χ0) is 11.4. The van der Waals surface area contributed by atoms with Crippen molar-refractivity contribution in [3.8, 4) is 0 Å². The fourth-order valence-electron chi connectivity index (χ4n) is 1.35. The van der Waals surface area contributed by atoms with E-state index in [1.807, 2.05) is 37.3 Å². The number of benzene rings is 1. The Hall–Kier alpha value is -1.61. The van der Waals surface area contributed by atoms with Crippen molar-refractivity contribution in [1.29, 1.82) is 0 Å². The molecule has 0 aliphatic carbocycles. The minimum atomic E-state index is 0.625. The Bertz CT molecular complexity index is 485. The van der Waals surface area contributed by atoms with Crippen LogP contribution in [0, 0.1) is 6.92 Å². The van der Waals surface area contributed by atoms with Crippen molar-refractivity contribution in [3.63, 3.8) is 0 Å². The lowest BCUT2D eigenvalue weighted by atomic mass is 10.2. The second-order valence-corrected chi connectivity index (χ2v) is 3.87. The molecule has 82 valence electrons. The molecule has 1 aromatic carbocycles. The van der Waals surface area contributed by atoms with Crippen molar-refractivity contribution in [2.75, 3.05) is 5.32 Å². The minimum Gasteiger partial charge on any atom is -0.350 e. The van der Waals surface area contributed by atoms with Crippen molar-refractivity contribution >= 4 is 17.5 Å². The van der Waals surface area contributed by atoms with E-state index in [1.54, 1.807) is 6.20 Å². The number of rotatable bonds is 3. The predicted molar refractivity (Wildman–Crippen MR) is 65.5 cm³/mol. The maximum Gasteiger partial charge on any atom is 0.223 e. The predicted octanol–water partition coefficient (Wildman–Crippen LogP) is 3.05. The van der Waals surface area contributed by atoms with Crippen molar-refractivity contribution in [2.45, 2.75) is 13.5 Å². The van der Waals surface area contributed by atoms with E-state index in [0.717, 1.165) is 16.3 Å². The van der Waals surface area contributed by atoms with Gasteiger partial charge in [-0.15, -0.1) is 0 Å². The molecule has 3 nitrogen and oxygen atoms in total. The number of nitrogens with one attached hydrogen (secondary N) is 1. The van der Waals surface area contributed by atoms with Gasteiger partial charge in [0, 0.05) is 23.5 Å². The summed E-state index contributed by atoms with van der Waals surface area (Å²) < 4.78 is 0. The molecule has 0 saturated carbocycles. The summed E-state index contributed by atoms with van der Waals surface area (Å²) in [6.45, 7) is 2.56. The Morgan fingerprint density at radius 1 is 1.25 bits per heavy atom. The fraction of sp³-hybridized carbons (Fsp3) is 0.167. The summed E-state index contributed by atoms with van der Waals surface area (Å²) >= 11 is 6.04. The molecule has 2 aromatic rings. The zero-order valence-corrected chi connectivity index (χ0v) is 9.70. The van der Waals surface area contributed by atoms with Crippen molar-refractivity contribution in [2.24, 2.45) is 0 Å². The van der Waals surface area contributed by atoms with Crippen molar-refractivity contribution in [1.82, 2.24) is 9.97 Å². The highest BCUT2D eigenvalue weighted by atomic mass is 35.5. The third-order valence-electron chi connectivity index (χ3n) is 2.19. The molecule has 2 rings (SSSR count). The van der Waals surface area contributed by atoms with Crippen LogP contribution in [0.2, 0.25) is 5.02 Å². The van der Waals surface area contributed by atoms with Crippen LogP contribution >= 0.6 is 11.6 Å². The molecule has 0 spiro atoms. The van der Waals surface area contributed by atoms with Crippen LogP contribution in [0.3, 0.4) is 0 Å². The number of anilines is 1. The van der Waals surface area contributed by atoms with Gasteiger partial charge in [-0.3, -0.25) is 0 Å². The smallest absolute Gasteiger partial charge is 0.223 e. The Morgan fingerprint density at radius 3 is 2.81 bits per heavy atom. The van der Waals surface area contributed by atoms with Crippen molar-refractivity contribution < 1.29 is 0 Å². The third-order valence-corrected chi connectivity index (χ3v) is 2.56. The van der Waals surface area contributed by atoms with Gasteiger partial charge in [0.05, 0.1) is 0 Å². The van der Waals surface area contributed by atoms with E-state index in [-0.39, 0.29) is 0 Å². The van der Waals surface area contributed by atoms with Gasteiger partial charge in [-0.1, -0.05) is 29.8 Å². The van der Waals surface area contributed by atoms with Gasteiger partial charge < -0.3 is 5.32 Å². The van der Waals surface area contributed by atoms with Gasteiger partial charge in [0.1, 0.15) is 0 Å². The summed E-state index contributed by atoms with van der Waals surface area (Å²) in [5.74, 6) is 0.625. The summed E-state index contributed by atoms with van der Waals surface area (Å²) in [5, 5.41) is 3.89. The van der Waals surface area contributed by atoms with E-state index in [2.05, 4.69) is 15.3 Å². The fourth-order valence-corrected chi connectivity index (χ4v) is 1.55. The summed E-state index contributed by atoms with van der Waals surface area (Å²) in [6, 6.07) is 9.58. The van der Waals surface area contributed by atoms with Crippen LogP contribution in [0.15, 0.2) is 36.5 Å². The standard InChI is InChI=1S/C12H12ClN3/c1-9-6-7-14-12(16-9)15-8-10-4-2-3-5-11(10)13/h2-7H,8H2,1H3,(H,14,15,16). The Labute approximate surface area is 99.5 Å². The molecule has 0 fully saturated rings. The SMILES string of the molecule is Cc1ccnc(NCc2ccccc2Cl)n1. The summed E-state index contributed by atoms with van der Waals surface area (Å²) in [6.07, 6.45) is 1.73. The first-order valence-electron chi connectivity index (χ1n) is 5.02. The molecular formula is C12H12ClN3. The van der Waals surface area contributed by atoms with Gasteiger partial charge in [0.25, 0.3) is 0 Å². The van der Waals surface area contributed by atoms with Crippen LogP contribution in [-0.2, 0) is 6.54 Å². The number of aryl methyl sites for hydroxylation is 1. The van der Waals surface area contributed by atoms with Gasteiger partial charge in [-0.2, -0.15) is 0 Å². The second-order valence-electron chi connectivity index (χ2n) is 3.47. The number of nitrogens with zero attached hydrogens (tertiary/aromatic N) is 2. The Kier molecular flexibility index (Phi) is 3.37. The van der Waals surface area contributed by atoms with Gasteiger partial charge in [-0.05, 0) is 24.6 Å². The lowest BCUT2D eigenvalue weighted by molar-refractivity contribution is 1.03. The number of hydrogen-bond acceptors (Lipinski definition) is 3. The average molecular weight is 234 g/mol. The van der Waals surface area contributed by atoms with Crippen molar-refractivity contribution in [3.05, 3.63) is 52.8 Å². The molecule has 4 heteroatoms. The Balaban J connectivity index is 2.05. The van der Waals surface area contributed by atoms with Crippen LogP contribution < -0.4 is 5.32 Å². The van der Waals surface area contributed by atoms with Gasteiger partial charge in [-0.25, -0.2) is 9.97 Å². The van der Waals surface area contributed by atoms with E-state index < -0.39 is 0 Å². The highest BCUT2D eigenvalue weighted by molar-refractivity contribution is 6.31. The highest BCUT2D eigenvalue weighted by Gasteiger charge is 2.00. The molecule has 0 bridgehead atoms. The lowest BCUT2D eigenvalue weighted by Gasteiger charge is -2.06. The topological polar surface area (TPSA) is 37.8 Å². The summed E-state index contributed by atoms with van der Waals surface area (Å²) in [5.41, 5.74) is 1.98. The molecule has 0 aliphatic heterocycles. The number of aromatic nitrogens is 2. The number of halogens is 1. The zero-order valence-electron chi connectivity index (χ0n) is 8.94.